The molecule has 112 valence electrons. The zero-order chi connectivity index (χ0) is 15.4. The smallest absolute Gasteiger partial charge is 0.305 e. The van der Waals surface area contributed by atoms with Crippen molar-refractivity contribution in [2.24, 2.45) is 0 Å². The molecular weight excluding hydrogens is 318 g/mol. The molecule has 1 atom stereocenters. The monoisotopic (exact) mass is 329 g/mol. The molecule has 0 aromatic carbocycles. The second kappa shape index (κ2) is 6.68. The molecular formula is C11H11N3O5S2. The van der Waals surface area contributed by atoms with Crippen molar-refractivity contribution in [3.05, 3.63) is 11.6 Å². The van der Waals surface area contributed by atoms with Gasteiger partial charge in [-0.05, 0) is 0 Å². The van der Waals surface area contributed by atoms with Crippen LogP contribution in [0.1, 0.15) is 12.8 Å². The van der Waals surface area contributed by atoms with Crippen molar-refractivity contribution >= 4 is 51.3 Å². The largest absolute Gasteiger partial charge is 0.481 e. The van der Waals surface area contributed by atoms with E-state index in [0.717, 1.165) is 16.7 Å². The van der Waals surface area contributed by atoms with Gasteiger partial charge in [-0.25, -0.2) is 4.98 Å². The number of aromatic nitrogens is 1. The number of carboxylic acid groups (broad SMARTS) is 1. The number of nitrogens with one attached hydrogen (secondary N) is 1. The van der Waals surface area contributed by atoms with E-state index in [-0.39, 0.29) is 19.4 Å². The lowest BCUT2D eigenvalue weighted by Gasteiger charge is -2.11. The molecule has 0 spiro atoms. The predicted octanol–water partition coefficient (Wildman–Crippen LogP) is 1.01. The Bertz CT molecular complexity index is 574. The molecule has 1 aliphatic heterocycles. The molecule has 10 heteroatoms. The Morgan fingerprint density at radius 3 is 2.81 bits per heavy atom. The lowest BCUT2D eigenvalue weighted by Crippen LogP contribution is -2.34. The number of thioether (sulfide) groups is 1. The summed E-state index contributed by atoms with van der Waals surface area (Å²) in [5.74, 6) is -2.03. The van der Waals surface area contributed by atoms with Crippen LogP contribution in [0.5, 0.6) is 0 Å². The van der Waals surface area contributed by atoms with E-state index in [4.69, 9.17) is 5.11 Å². The molecule has 0 saturated carbocycles. The Hall–Kier alpha value is -1.94. The Labute approximate surface area is 127 Å². The van der Waals surface area contributed by atoms with Crippen LogP contribution in [-0.2, 0) is 14.4 Å². The van der Waals surface area contributed by atoms with Gasteiger partial charge in [0.25, 0.3) is 5.24 Å². The molecule has 2 rings (SSSR count). The number of carbonyl (C=O) groups excluding carboxylic acids is 3. The van der Waals surface area contributed by atoms with Crippen LogP contribution in [0.3, 0.4) is 0 Å². The zero-order valence-electron chi connectivity index (χ0n) is 10.6. The third kappa shape index (κ3) is 4.02. The lowest BCUT2D eigenvalue weighted by molar-refractivity contribution is -0.137. The number of carbonyl (C=O) groups is 4. The Morgan fingerprint density at radius 2 is 2.19 bits per heavy atom. The fourth-order valence-corrected chi connectivity index (χ4v) is 3.22. The molecule has 3 amide bonds. The van der Waals surface area contributed by atoms with E-state index in [1.807, 2.05) is 0 Å². The number of hydrogen-bond acceptors (Lipinski definition) is 7. The van der Waals surface area contributed by atoms with Crippen LogP contribution in [0.15, 0.2) is 11.6 Å². The highest BCUT2D eigenvalue weighted by molar-refractivity contribution is 8.15. The molecule has 0 bridgehead atoms. The summed E-state index contributed by atoms with van der Waals surface area (Å²) < 4.78 is 0. The van der Waals surface area contributed by atoms with E-state index in [0.29, 0.717) is 5.13 Å². The summed E-state index contributed by atoms with van der Waals surface area (Å²) in [7, 11) is 0. The number of anilines is 1. The van der Waals surface area contributed by atoms with Crippen molar-refractivity contribution in [1.29, 1.82) is 0 Å². The number of aliphatic carboxylic acids is 1. The standard InChI is InChI=1S/C11H11N3O5S2/c15-7(13-10-12-2-4-20-10)5-6-9(18)14(11(19)21-6)3-1-8(16)17/h2,4,6H,1,3,5H2,(H,16,17)(H,12,13,15)/t6-/m1/s1. The number of imide groups is 1. The molecule has 1 aromatic rings. The van der Waals surface area contributed by atoms with Crippen molar-refractivity contribution in [1.82, 2.24) is 9.88 Å². The summed E-state index contributed by atoms with van der Waals surface area (Å²) in [5, 5.41) is 11.9. The van der Waals surface area contributed by atoms with Gasteiger partial charge in [-0.15, -0.1) is 11.3 Å². The SMILES string of the molecule is O=C(O)CCN1C(=O)S[C@H](CC(=O)Nc2nccs2)C1=O. The maximum absolute atomic E-state index is 12.0. The minimum absolute atomic E-state index is 0.154. The van der Waals surface area contributed by atoms with Gasteiger partial charge in [0.15, 0.2) is 5.13 Å². The van der Waals surface area contributed by atoms with Crippen LogP contribution in [0.25, 0.3) is 0 Å². The zero-order valence-corrected chi connectivity index (χ0v) is 12.3. The van der Waals surface area contributed by atoms with E-state index in [2.05, 4.69) is 10.3 Å². The number of rotatable bonds is 6. The first-order valence-corrected chi connectivity index (χ1v) is 7.66. The Morgan fingerprint density at radius 1 is 1.43 bits per heavy atom. The van der Waals surface area contributed by atoms with Gasteiger partial charge in [-0.2, -0.15) is 0 Å². The molecule has 0 aliphatic carbocycles. The van der Waals surface area contributed by atoms with Crippen molar-refractivity contribution in [3.8, 4) is 0 Å². The number of carboxylic acids is 1. The number of thiazole rings is 1. The maximum Gasteiger partial charge on any atom is 0.305 e. The van der Waals surface area contributed by atoms with E-state index in [9.17, 15) is 19.2 Å². The average molecular weight is 329 g/mol. The van der Waals surface area contributed by atoms with E-state index in [1.165, 1.54) is 17.5 Å². The van der Waals surface area contributed by atoms with Crippen LogP contribution < -0.4 is 5.32 Å². The highest BCUT2D eigenvalue weighted by Crippen LogP contribution is 2.29. The lowest BCUT2D eigenvalue weighted by atomic mass is 10.2. The fourth-order valence-electron chi connectivity index (χ4n) is 1.66. The topological polar surface area (TPSA) is 117 Å². The van der Waals surface area contributed by atoms with Gasteiger partial charge in [0.05, 0.1) is 6.42 Å². The highest BCUT2D eigenvalue weighted by Gasteiger charge is 2.40. The third-order valence-corrected chi connectivity index (χ3v) is 4.37. The van der Waals surface area contributed by atoms with Crippen LogP contribution in [0.2, 0.25) is 0 Å². The molecule has 21 heavy (non-hydrogen) atoms. The Balaban J connectivity index is 1.89. The van der Waals surface area contributed by atoms with Crippen molar-refractivity contribution in [2.75, 3.05) is 11.9 Å². The molecule has 0 radical (unpaired) electrons. The van der Waals surface area contributed by atoms with Gasteiger partial charge in [0.1, 0.15) is 5.25 Å². The van der Waals surface area contributed by atoms with Gasteiger partial charge in [-0.3, -0.25) is 24.1 Å². The van der Waals surface area contributed by atoms with E-state index >= 15 is 0 Å². The molecule has 1 fully saturated rings. The molecule has 1 saturated heterocycles. The summed E-state index contributed by atoms with van der Waals surface area (Å²) in [6.45, 7) is -0.176. The minimum atomic E-state index is -1.09. The summed E-state index contributed by atoms with van der Waals surface area (Å²) in [4.78, 5) is 50.6. The van der Waals surface area contributed by atoms with Crippen LogP contribution in [-0.4, -0.2) is 49.8 Å². The third-order valence-electron chi connectivity index (χ3n) is 2.60. The van der Waals surface area contributed by atoms with Gasteiger partial charge in [-0.1, -0.05) is 11.8 Å². The summed E-state index contributed by atoms with van der Waals surface area (Å²) in [5.41, 5.74) is 0. The first-order chi connectivity index (χ1) is 9.97. The summed E-state index contributed by atoms with van der Waals surface area (Å²) >= 11 is 1.99. The highest BCUT2D eigenvalue weighted by atomic mass is 32.2. The first kappa shape index (κ1) is 15.4. The van der Waals surface area contributed by atoms with Crippen LogP contribution in [0, 0.1) is 0 Å². The fraction of sp³-hybridized carbons (Fsp3) is 0.364. The quantitative estimate of drug-likeness (QED) is 0.800. The number of amides is 3. The molecule has 2 N–H and O–H groups in total. The molecule has 8 nitrogen and oxygen atoms in total. The summed E-state index contributed by atoms with van der Waals surface area (Å²) in [6.07, 6.45) is 1.07. The predicted molar refractivity (Wildman–Crippen MR) is 76.1 cm³/mol. The van der Waals surface area contributed by atoms with Gasteiger partial charge < -0.3 is 10.4 Å². The molecule has 1 aliphatic rings. The van der Waals surface area contributed by atoms with Crippen LogP contribution in [0.4, 0.5) is 9.93 Å². The average Bonchev–Trinajstić information content (AvgIpc) is 2.98. The van der Waals surface area contributed by atoms with Crippen molar-refractivity contribution < 1.29 is 24.3 Å². The molecule has 1 aromatic heterocycles. The second-order valence-corrected chi connectivity index (χ2v) is 6.14. The van der Waals surface area contributed by atoms with Crippen LogP contribution >= 0.6 is 23.1 Å². The Kier molecular flexibility index (Phi) is 4.91. The van der Waals surface area contributed by atoms with Gasteiger partial charge >= 0.3 is 5.97 Å². The normalized spacial score (nSPS) is 18.1. The summed E-state index contributed by atoms with van der Waals surface area (Å²) in [6, 6.07) is 0. The van der Waals surface area contributed by atoms with E-state index in [1.54, 1.807) is 5.38 Å². The maximum atomic E-state index is 12.0. The van der Waals surface area contributed by atoms with Gasteiger partial charge in [0, 0.05) is 24.5 Å². The molecule has 0 unspecified atom stereocenters. The number of hydrogen-bond donors (Lipinski definition) is 2. The van der Waals surface area contributed by atoms with Crippen molar-refractivity contribution in [3.63, 3.8) is 0 Å². The van der Waals surface area contributed by atoms with Crippen molar-refractivity contribution in [2.45, 2.75) is 18.1 Å². The first-order valence-electron chi connectivity index (χ1n) is 5.90. The number of nitrogens with zero attached hydrogens (tertiary/aromatic N) is 2. The van der Waals surface area contributed by atoms with Gasteiger partial charge in [0.2, 0.25) is 11.8 Å². The minimum Gasteiger partial charge on any atom is -0.481 e. The second-order valence-electron chi connectivity index (χ2n) is 4.10. The van der Waals surface area contributed by atoms with E-state index < -0.39 is 28.3 Å². The molecule has 2 heterocycles.